The highest BCUT2D eigenvalue weighted by molar-refractivity contribution is 5.41. The van der Waals surface area contributed by atoms with E-state index in [1.165, 1.54) is 25.7 Å². The van der Waals surface area contributed by atoms with Gasteiger partial charge in [0.05, 0.1) is 19.4 Å². The Morgan fingerprint density at radius 3 is 2.37 bits per heavy atom. The summed E-state index contributed by atoms with van der Waals surface area (Å²) in [4.78, 5) is 9.17. The van der Waals surface area contributed by atoms with E-state index in [0.717, 1.165) is 51.2 Å². The maximum Gasteiger partial charge on any atom is 0.247 e. The van der Waals surface area contributed by atoms with Gasteiger partial charge in [-0.05, 0) is 12.8 Å². The van der Waals surface area contributed by atoms with Crippen molar-refractivity contribution in [3.63, 3.8) is 0 Å². The van der Waals surface area contributed by atoms with Crippen molar-refractivity contribution >= 4 is 11.8 Å². The molecule has 3 rings (SSSR count). The quantitative estimate of drug-likeness (QED) is 0.796. The van der Waals surface area contributed by atoms with Crippen LogP contribution in [0.1, 0.15) is 25.7 Å². The summed E-state index contributed by atoms with van der Waals surface area (Å²) >= 11 is 0. The van der Waals surface area contributed by atoms with Crippen LogP contribution in [0.2, 0.25) is 0 Å². The van der Waals surface area contributed by atoms with E-state index in [9.17, 15) is 0 Å². The molecule has 1 aromatic rings. The minimum absolute atomic E-state index is 0.741. The Morgan fingerprint density at radius 2 is 1.63 bits per heavy atom. The predicted octanol–water partition coefficient (Wildman–Crippen LogP) is 1.09. The summed E-state index contributed by atoms with van der Waals surface area (Å²) in [6, 6.07) is 0. The van der Waals surface area contributed by atoms with Crippen LogP contribution in [0.25, 0.3) is 0 Å². The van der Waals surface area contributed by atoms with Crippen LogP contribution >= 0.6 is 0 Å². The van der Waals surface area contributed by atoms with Crippen molar-refractivity contribution in [1.29, 1.82) is 0 Å². The number of hydrogen-bond donors (Lipinski definition) is 0. The van der Waals surface area contributed by atoms with Gasteiger partial charge >= 0.3 is 0 Å². The summed E-state index contributed by atoms with van der Waals surface area (Å²) in [5, 5.41) is 8.29. The Kier molecular flexibility index (Phi) is 4.07. The molecule has 1 aromatic heterocycles. The van der Waals surface area contributed by atoms with Crippen LogP contribution in [0.15, 0.2) is 6.20 Å². The first-order valence-electron chi connectivity index (χ1n) is 7.21. The molecule has 0 amide bonds. The molecular formula is C13H21N5O. The van der Waals surface area contributed by atoms with Gasteiger partial charge in [-0.3, -0.25) is 0 Å². The highest BCUT2D eigenvalue weighted by Crippen LogP contribution is 2.18. The van der Waals surface area contributed by atoms with Crippen molar-refractivity contribution in [2.45, 2.75) is 25.7 Å². The lowest BCUT2D eigenvalue weighted by Crippen LogP contribution is -2.38. The molecule has 0 aliphatic carbocycles. The molecule has 6 nitrogen and oxygen atoms in total. The minimum atomic E-state index is 0.741. The molecule has 0 atom stereocenters. The fraction of sp³-hybridized carbons (Fsp3) is 0.769. The molecule has 2 saturated heterocycles. The van der Waals surface area contributed by atoms with Gasteiger partial charge in [-0.25, -0.2) is 0 Å². The van der Waals surface area contributed by atoms with Crippen molar-refractivity contribution in [2.75, 3.05) is 49.2 Å². The first-order chi connectivity index (χ1) is 9.43. The standard InChI is InChI=1S/C13H21N5O/c1-2-4-6-17(5-3-1)12-11-14-16-13(15-12)18-7-9-19-10-8-18/h11H,1-10H2. The molecule has 0 radical (unpaired) electrons. The molecule has 6 heteroatoms. The molecule has 2 fully saturated rings. The number of nitrogens with zero attached hydrogens (tertiary/aromatic N) is 5. The van der Waals surface area contributed by atoms with Crippen LogP contribution in [0.4, 0.5) is 11.8 Å². The minimum Gasteiger partial charge on any atom is -0.378 e. The summed E-state index contributed by atoms with van der Waals surface area (Å²) < 4.78 is 5.36. The molecular weight excluding hydrogens is 242 g/mol. The number of ether oxygens (including phenoxy) is 1. The van der Waals surface area contributed by atoms with E-state index in [4.69, 9.17) is 4.74 Å². The number of rotatable bonds is 2. The molecule has 2 aliphatic heterocycles. The molecule has 0 saturated carbocycles. The Bertz CT molecular complexity index is 400. The van der Waals surface area contributed by atoms with E-state index in [2.05, 4.69) is 25.0 Å². The van der Waals surface area contributed by atoms with Gasteiger partial charge < -0.3 is 14.5 Å². The fourth-order valence-electron chi connectivity index (χ4n) is 2.64. The van der Waals surface area contributed by atoms with Gasteiger partial charge in [-0.2, -0.15) is 10.1 Å². The first kappa shape index (κ1) is 12.6. The second-order valence-corrected chi connectivity index (χ2v) is 5.12. The van der Waals surface area contributed by atoms with Crippen LogP contribution < -0.4 is 9.80 Å². The summed E-state index contributed by atoms with van der Waals surface area (Å²) in [6.07, 6.45) is 6.93. The van der Waals surface area contributed by atoms with Gasteiger partial charge in [0, 0.05) is 26.2 Å². The van der Waals surface area contributed by atoms with E-state index < -0.39 is 0 Å². The molecule has 0 aromatic carbocycles. The average Bonchev–Trinajstić information content (AvgIpc) is 2.77. The lowest BCUT2D eigenvalue weighted by Gasteiger charge is -2.27. The van der Waals surface area contributed by atoms with Crippen molar-refractivity contribution in [1.82, 2.24) is 15.2 Å². The number of anilines is 2. The monoisotopic (exact) mass is 263 g/mol. The van der Waals surface area contributed by atoms with E-state index >= 15 is 0 Å². The molecule has 0 spiro atoms. The molecule has 19 heavy (non-hydrogen) atoms. The number of morpholine rings is 1. The Balaban J connectivity index is 1.74. The van der Waals surface area contributed by atoms with Crippen LogP contribution in [0, 0.1) is 0 Å². The maximum absolute atomic E-state index is 5.36. The SMILES string of the molecule is c1nnc(N2CCOCC2)nc1N1CCCCCC1. The van der Waals surface area contributed by atoms with Gasteiger partial charge in [0.25, 0.3) is 0 Å². The zero-order valence-electron chi connectivity index (χ0n) is 11.3. The van der Waals surface area contributed by atoms with E-state index in [0.29, 0.717) is 0 Å². The predicted molar refractivity (Wildman–Crippen MR) is 73.5 cm³/mol. The lowest BCUT2D eigenvalue weighted by atomic mass is 10.2. The normalized spacial score (nSPS) is 21.3. The van der Waals surface area contributed by atoms with Crippen molar-refractivity contribution in [3.05, 3.63) is 6.20 Å². The Labute approximate surface area is 113 Å². The van der Waals surface area contributed by atoms with Crippen molar-refractivity contribution < 1.29 is 4.74 Å². The largest absolute Gasteiger partial charge is 0.378 e. The highest BCUT2D eigenvalue weighted by Gasteiger charge is 2.17. The third kappa shape index (κ3) is 3.12. The van der Waals surface area contributed by atoms with E-state index in [-0.39, 0.29) is 0 Å². The second-order valence-electron chi connectivity index (χ2n) is 5.12. The molecule has 0 bridgehead atoms. The smallest absolute Gasteiger partial charge is 0.247 e. The summed E-state index contributed by atoms with van der Waals surface area (Å²) in [7, 11) is 0. The molecule has 3 heterocycles. The highest BCUT2D eigenvalue weighted by atomic mass is 16.5. The van der Waals surface area contributed by atoms with Crippen LogP contribution in [-0.2, 0) is 4.74 Å². The maximum atomic E-state index is 5.36. The fourth-order valence-corrected chi connectivity index (χ4v) is 2.64. The third-order valence-electron chi connectivity index (χ3n) is 3.76. The van der Waals surface area contributed by atoms with E-state index in [1.807, 2.05) is 0 Å². The summed E-state index contributed by atoms with van der Waals surface area (Å²) in [5.74, 6) is 1.71. The topological polar surface area (TPSA) is 54.4 Å². The van der Waals surface area contributed by atoms with Crippen LogP contribution in [0.5, 0.6) is 0 Å². The lowest BCUT2D eigenvalue weighted by molar-refractivity contribution is 0.122. The zero-order chi connectivity index (χ0) is 12.9. The molecule has 0 unspecified atom stereocenters. The Morgan fingerprint density at radius 1 is 0.895 bits per heavy atom. The molecule has 2 aliphatic rings. The Hall–Kier alpha value is -1.43. The van der Waals surface area contributed by atoms with Gasteiger partial charge in [-0.15, -0.1) is 5.10 Å². The number of aromatic nitrogens is 3. The molecule has 0 N–H and O–H groups in total. The van der Waals surface area contributed by atoms with Gasteiger partial charge in [0.15, 0.2) is 5.82 Å². The van der Waals surface area contributed by atoms with Gasteiger partial charge in [0.1, 0.15) is 0 Å². The molecule has 104 valence electrons. The van der Waals surface area contributed by atoms with Crippen molar-refractivity contribution in [2.24, 2.45) is 0 Å². The van der Waals surface area contributed by atoms with Gasteiger partial charge in [-0.1, -0.05) is 12.8 Å². The average molecular weight is 263 g/mol. The first-order valence-corrected chi connectivity index (χ1v) is 7.21. The van der Waals surface area contributed by atoms with Crippen LogP contribution in [-0.4, -0.2) is 54.6 Å². The zero-order valence-corrected chi connectivity index (χ0v) is 11.3. The van der Waals surface area contributed by atoms with Crippen molar-refractivity contribution in [3.8, 4) is 0 Å². The number of hydrogen-bond acceptors (Lipinski definition) is 6. The summed E-state index contributed by atoms with van der Waals surface area (Å²) in [5.41, 5.74) is 0. The van der Waals surface area contributed by atoms with Crippen LogP contribution in [0.3, 0.4) is 0 Å². The van der Waals surface area contributed by atoms with Gasteiger partial charge in [0.2, 0.25) is 5.95 Å². The summed E-state index contributed by atoms with van der Waals surface area (Å²) in [6.45, 7) is 5.37. The second kappa shape index (κ2) is 6.14. The van der Waals surface area contributed by atoms with E-state index in [1.54, 1.807) is 6.20 Å². The third-order valence-corrected chi connectivity index (χ3v) is 3.76.